The highest BCUT2D eigenvalue weighted by atomic mass is 35.5. The molecule has 2 aromatic carbocycles. The summed E-state index contributed by atoms with van der Waals surface area (Å²) in [4.78, 5) is 36.0. The van der Waals surface area contributed by atoms with Gasteiger partial charge in [-0.05, 0) is 18.2 Å². The molecule has 0 aliphatic carbocycles. The molecule has 3 aromatic rings. The molecule has 1 heterocycles. The predicted molar refractivity (Wildman–Crippen MR) is 104 cm³/mol. The number of benzene rings is 2. The van der Waals surface area contributed by atoms with E-state index in [1.165, 1.54) is 23.1 Å². The zero-order valence-corrected chi connectivity index (χ0v) is 15.4. The zero-order chi connectivity index (χ0) is 20.1. The smallest absolute Gasteiger partial charge is 0.305 e. The van der Waals surface area contributed by atoms with Gasteiger partial charge in [0.25, 0.3) is 5.91 Å². The first kappa shape index (κ1) is 19.3. The van der Waals surface area contributed by atoms with Crippen molar-refractivity contribution in [3.8, 4) is 0 Å². The molecule has 0 aliphatic heterocycles. The van der Waals surface area contributed by atoms with Crippen LogP contribution in [0.25, 0.3) is 0 Å². The highest BCUT2D eigenvalue weighted by Crippen LogP contribution is 2.24. The largest absolute Gasteiger partial charge is 0.481 e. The number of aromatic nitrogens is 2. The number of aliphatic carboxylic acids is 1. The second-order valence-electron chi connectivity index (χ2n) is 5.98. The second-order valence-corrected chi connectivity index (χ2v) is 6.41. The van der Waals surface area contributed by atoms with Gasteiger partial charge in [0.15, 0.2) is 5.78 Å². The van der Waals surface area contributed by atoms with Gasteiger partial charge in [0.2, 0.25) is 0 Å². The quantitative estimate of drug-likeness (QED) is 0.594. The Morgan fingerprint density at radius 1 is 1.07 bits per heavy atom. The molecule has 28 heavy (non-hydrogen) atoms. The first-order valence-corrected chi connectivity index (χ1v) is 8.77. The van der Waals surface area contributed by atoms with Crippen molar-refractivity contribution in [3.05, 3.63) is 82.6 Å². The van der Waals surface area contributed by atoms with Crippen LogP contribution in [0, 0.1) is 0 Å². The Hall–Kier alpha value is -3.45. The van der Waals surface area contributed by atoms with Crippen LogP contribution in [0.3, 0.4) is 0 Å². The number of amides is 1. The van der Waals surface area contributed by atoms with Crippen molar-refractivity contribution in [3.63, 3.8) is 0 Å². The maximum atomic E-state index is 12.8. The average Bonchev–Trinajstić information content (AvgIpc) is 3.17. The lowest BCUT2D eigenvalue weighted by Gasteiger charge is -2.10. The molecule has 3 rings (SSSR count). The molecule has 2 N–H and O–H groups in total. The summed E-state index contributed by atoms with van der Waals surface area (Å²) in [5.41, 5.74) is 1.31. The predicted octanol–water partition coefficient (Wildman–Crippen LogP) is 3.49. The van der Waals surface area contributed by atoms with Crippen LogP contribution in [0.1, 0.15) is 32.7 Å². The molecule has 1 aromatic heterocycles. The van der Waals surface area contributed by atoms with Crippen molar-refractivity contribution < 1.29 is 19.5 Å². The minimum absolute atomic E-state index is 0.102. The molecule has 0 fully saturated rings. The molecular formula is C20H16ClN3O4. The molecule has 0 radical (unpaired) electrons. The number of nitrogens with one attached hydrogen (secondary N) is 1. The van der Waals surface area contributed by atoms with E-state index in [9.17, 15) is 14.4 Å². The van der Waals surface area contributed by atoms with Gasteiger partial charge < -0.3 is 10.4 Å². The lowest BCUT2D eigenvalue weighted by molar-refractivity contribution is -0.137. The number of carboxylic acid groups (broad SMARTS) is 1. The van der Waals surface area contributed by atoms with E-state index in [1.54, 1.807) is 42.5 Å². The summed E-state index contributed by atoms with van der Waals surface area (Å²) in [6, 6.07) is 13.3. The number of ketones is 1. The van der Waals surface area contributed by atoms with E-state index in [0.717, 1.165) is 0 Å². The first-order valence-electron chi connectivity index (χ1n) is 8.39. The number of rotatable bonds is 7. The van der Waals surface area contributed by atoms with Gasteiger partial charge in [0.05, 0.1) is 30.4 Å². The third-order valence-corrected chi connectivity index (χ3v) is 4.20. The molecule has 0 spiro atoms. The number of aryl methyl sites for hydroxylation is 1. The van der Waals surface area contributed by atoms with Gasteiger partial charge in [0, 0.05) is 22.3 Å². The third kappa shape index (κ3) is 4.63. The lowest BCUT2D eigenvalue weighted by atomic mass is 10.0. The van der Waals surface area contributed by atoms with Crippen molar-refractivity contribution in [2.75, 3.05) is 5.32 Å². The van der Waals surface area contributed by atoms with Gasteiger partial charge in [-0.25, -0.2) is 0 Å². The van der Waals surface area contributed by atoms with Crippen molar-refractivity contribution in [2.45, 2.75) is 13.0 Å². The zero-order valence-electron chi connectivity index (χ0n) is 14.6. The molecule has 0 unspecified atom stereocenters. The number of hydrogen-bond acceptors (Lipinski definition) is 4. The fraction of sp³-hybridized carbons (Fsp3) is 0.100. The van der Waals surface area contributed by atoms with Crippen LogP contribution in [0.5, 0.6) is 0 Å². The Labute approximate surface area is 165 Å². The summed E-state index contributed by atoms with van der Waals surface area (Å²) in [7, 11) is 0. The van der Waals surface area contributed by atoms with Crippen molar-refractivity contribution in [1.29, 1.82) is 0 Å². The summed E-state index contributed by atoms with van der Waals surface area (Å²) in [6.45, 7) is 0.154. The summed E-state index contributed by atoms with van der Waals surface area (Å²) in [5, 5.41) is 15.8. The highest BCUT2D eigenvalue weighted by molar-refractivity contribution is 6.31. The summed E-state index contributed by atoms with van der Waals surface area (Å²) in [5.74, 6) is -1.69. The van der Waals surface area contributed by atoms with Gasteiger partial charge in [-0.15, -0.1) is 0 Å². The van der Waals surface area contributed by atoms with Gasteiger partial charge in [0.1, 0.15) is 0 Å². The van der Waals surface area contributed by atoms with Crippen LogP contribution in [0.15, 0.2) is 60.9 Å². The molecule has 142 valence electrons. The van der Waals surface area contributed by atoms with E-state index in [0.29, 0.717) is 16.3 Å². The van der Waals surface area contributed by atoms with Crippen LogP contribution >= 0.6 is 11.6 Å². The van der Waals surface area contributed by atoms with Crippen LogP contribution in [-0.4, -0.2) is 32.5 Å². The fourth-order valence-corrected chi connectivity index (χ4v) is 2.74. The molecule has 0 aliphatic rings. The topological polar surface area (TPSA) is 101 Å². The minimum atomic E-state index is -0.952. The Kier molecular flexibility index (Phi) is 5.86. The Morgan fingerprint density at radius 2 is 1.82 bits per heavy atom. The number of hydrogen-bond donors (Lipinski definition) is 2. The second kappa shape index (κ2) is 8.49. The third-order valence-electron chi connectivity index (χ3n) is 3.96. The number of carbonyl (C=O) groups is 3. The van der Waals surface area contributed by atoms with E-state index < -0.39 is 11.9 Å². The van der Waals surface area contributed by atoms with E-state index in [4.69, 9.17) is 16.7 Å². The number of carbonyl (C=O) groups excluding carboxylic acids is 2. The lowest BCUT2D eigenvalue weighted by Crippen LogP contribution is -2.15. The van der Waals surface area contributed by atoms with Crippen LogP contribution in [0.2, 0.25) is 5.02 Å². The fourth-order valence-electron chi connectivity index (χ4n) is 2.57. The van der Waals surface area contributed by atoms with Crippen LogP contribution in [0.4, 0.5) is 5.69 Å². The van der Waals surface area contributed by atoms with E-state index in [1.807, 2.05) is 0 Å². The van der Waals surface area contributed by atoms with E-state index >= 15 is 0 Å². The van der Waals surface area contributed by atoms with Crippen LogP contribution in [-0.2, 0) is 11.3 Å². The van der Waals surface area contributed by atoms with E-state index in [-0.39, 0.29) is 29.9 Å². The SMILES string of the molecule is O=C(O)CCn1cc(C(=O)Nc2ccc(Cl)cc2C(=O)c2ccccc2)cn1. The number of anilines is 1. The Balaban J connectivity index is 1.82. The van der Waals surface area contributed by atoms with Crippen molar-refractivity contribution in [2.24, 2.45) is 0 Å². The molecule has 1 amide bonds. The molecule has 0 saturated carbocycles. The normalized spacial score (nSPS) is 10.5. The molecule has 8 heteroatoms. The number of halogens is 1. The minimum Gasteiger partial charge on any atom is -0.481 e. The molecule has 7 nitrogen and oxygen atoms in total. The summed E-state index contributed by atoms with van der Waals surface area (Å²) >= 11 is 6.04. The standard InChI is InChI=1S/C20H16ClN3O4/c21-15-6-7-17(16(10-15)19(27)13-4-2-1-3-5-13)23-20(28)14-11-22-24(12-14)9-8-18(25)26/h1-7,10-12H,8-9H2,(H,23,28)(H,25,26). The van der Waals surface area contributed by atoms with E-state index in [2.05, 4.69) is 10.4 Å². The maximum absolute atomic E-state index is 12.8. The average molecular weight is 398 g/mol. The van der Waals surface area contributed by atoms with Crippen molar-refractivity contribution in [1.82, 2.24) is 9.78 Å². The highest BCUT2D eigenvalue weighted by Gasteiger charge is 2.17. The molecule has 0 atom stereocenters. The number of nitrogens with zero attached hydrogens (tertiary/aromatic N) is 2. The van der Waals surface area contributed by atoms with Gasteiger partial charge in [-0.3, -0.25) is 19.1 Å². The van der Waals surface area contributed by atoms with Gasteiger partial charge >= 0.3 is 5.97 Å². The summed E-state index contributed by atoms with van der Waals surface area (Å²) in [6.07, 6.45) is 2.69. The summed E-state index contributed by atoms with van der Waals surface area (Å²) < 4.78 is 1.38. The molecule has 0 bridgehead atoms. The maximum Gasteiger partial charge on any atom is 0.305 e. The van der Waals surface area contributed by atoms with Gasteiger partial charge in [-0.1, -0.05) is 41.9 Å². The van der Waals surface area contributed by atoms with Gasteiger partial charge in [-0.2, -0.15) is 5.10 Å². The number of carboxylic acids is 1. The Morgan fingerprint density at radius 3 is 2.54 bits per heavy atom. The molecule has 0 saturated heterocycles. The monoisotopic (exact) mass is 397 g/mol. The van der Waals surface area contributed by atoms with Crippen LogP contribution < -0.4 is 5.32 Å². The van der Waals surface area contributed by atoms with Crippen molar-refractivity contribution >= 4 is 34.9 Å². The molecular weight excluding hydrogens is 382 g/mol. The Bertz CT molecular complexity index is 1030. The first-order chi connectivity index (χ1) is 13.4.